The van der Waals surface area contributed by atoms with Crippen LogP contribution in [-0.4, -0.2) is 37.3 Å². The second-order valence-electron chi connectivity index (χ2n) is 4.23. The van der Waals surface area contributed by atoms with Gasteiger partial charge in [0.1, 0.15) is 5.82 Å². The lowest BCUT2D eigenvalue weighted by Crippen LogP contribution is -2.36. The van der Waals surface area contributed by atoms with Crippen molar-refractivity contribution in [2.45, 2.75) is 20.3 Å². The summed E-state index contributed by atoms with van der Waals surface area (Å²) in [5, 5.41) is 2.81. The van der Waals surface area contributed by atoms with Gasteiger partial charge in [-0.15, -0.1) is 0 Å². The Morgan fingerprint density at radius 2 is 2.28 bits per heavy atom. The molecule has 0 atom stereocenters. The van der Waals surface area contributed by atoms with Gasteiger partial charge < -0.3 is 10.2 Å². The van der Waals surface area contributed by atoms with E-state index in [4.69, 9.17) is 0 Å². The average molecular weight is 249 g/mol. The van der Waals surface area contributed by atoms with Crippen LogP contribution in [0.2, 0.25) is 0 Å². The van der Waals surface area contributed by atoms with E-state index in [0.717, 1.165) is 18.3 Å². The van der Waals surface area contributed by atoms with Gasteiger partial charge in [0, 0.05) is 25.4 Å². The molecule has 0 aliphatic rings. The molecule has 98 valence electrons. The number of anilines is 1. The zero-order valence-electron chi connectivity index (χ0n) is 11.1. The summed E-state index contributed by atoms with van der Waals surface area (Å²) in [5.74, 6) is 0.687. The van der Waals surface area contributed by atoms with Crippen LogP contribution in [0, 0.1) is 6.92 Å². The van der Waals surface area contributed by atoms with E-state index >= 15 is 0 Å². The Balaban J connectivity index is 2.69. The number of pyridine rings is 1. The topological polar surface area (TPSA) is 62.3 Å². The monoisotopic (exact) mass is 249 g/mol. The molecule has 0 fully saturated rings. The highest BCUT2D eigenvalue weighted by Crippen LogP contribution is 2.15. The first kappa shape index (κ1) is 14.2. The Hall–Kier alpha value is -1.91. The summed E-state index contributed by atoms with van der Waals surface area (Å²) in [6, 6.07) is 1.76. The van der Waals surface area contributed by atoms with Crippen LogP contribution in [0.4, 0.5) is 5.82 Å². The van der Waals surface area contributed by atoms with Crippen molar-refractivity contribution in [2.75, 3.05) is 25.0 Å². The van der Waals surface area contributed by atoms with E-state index in [1.807, 2.05) is 13.8 Å². The van der Waals surface area contributed by atoms with Crippen molar-refractivity contribution in [1.29, 1.82) is 0 Å². The van der Waals surface area contributed by atoms with E-state index in [1.165, 1.54) is 6.20 Å². The number of nitrogens with zero attached hydrogens (tertiary/aromatic N) is 2. The van der Waals surface area contributed by atoms with Crippen molar-refractivity contribution < 1.29 is 9.59 Å². The van der Waals surface area contributed by atoms with Gasteiger partial charge in [-0.1, -0.05) is 6.92 Å². The summed E-state index contributed by atoms with van der Waals surface area (Å²) in [6.45, 7) is 4.82. The third kappa shape index (κ3) is 3.84. The summed E-state index contributed by atoms with van der Waals surface area (Å²) < 4.78 is 0. The molecule has 1 amide bonds. The second-order valence-corrected chi connectivity index (χ2v) is 4.23. The molecule has 5 heteroatoms. The molecule has 0 saturated heterocycles. The van der Waals surface area contributed by atoms with Crippen molar-refractivity contribution in [3.63, 3.8) is 0 Å². The van der Waals surface area contributed by atoms with Crippen LogP contribution in [-0.2, 0) is 4.79 Å². The summed E-state index contributed by atoms with van der Waals surface area (Å²) >= 11 is 0. The second kappa shape index (κ2) is 6.74. The molecule has 0 saturated carbocycles. The van der Waals surface area contributed by atoms with Gasteiger partial charge in [0.05, 0.1) is 6.54 Å². The van der Waals surface area contributed by atoms with E-state index in [0.29, 0.717) is 17.9 Å². The molecule has 0 radical (unpaired) electrons. The predicted octanol–water partition coefficient (Wildman–Crippen LogP) is 1.16. The maximum Gasteiger partial charge on any atom is 0.239 e. The van der Waals surface area contributed by atoms with Crippen LogP contribution in [0.1, 0.15) is 29.3 Å². The molecule has 0 spiro atoms. The molecule has 1 aromatic rings. The zero-order chi connectivity index (χ0) is 13.5. The van der Waals surface area contributed by atoms with Crippen molar-refractivity contribution >= 4 is 18.0 Å². The minimum absolute atomic E-state index is 0.0278. The molecular formula is C13H19N3O2. The fraction of sp³-hybridized carbons (Fsp3) is 0.462. The van der Waals surface area contributed by atoms with Crippen LogP contribution in [0.3, 0.4) is 0 Å². The van der Waals surface area contributed by atoms with Crippen molar-refractivity contribution in [3.8, 4) is 0 Å². The number of aryl methyl sites for hydroxylation is 1. The summed E-state index contributed by atoms with van der Waals surface area (Å²) in [6.07, 6.45) is 3.19. The van der Waals surface area contributed by atoms with Crippen LogP contribution >= 0.6 is 0 Å². The lowest BCUT2D eigenvalue weighted by Gasteiger charge is -2.19. The molecular weight excluding hydrogens is 230 g/mol. The van der Waals surface area contributed by atoms with Gasteiger partial charge in [-0.05, 0) is 25.0 Å². The van der Waals surface area contributed by atoms with Gasteiger partial charge in [-0.3, -0.25) is 9.59 Å². The maximum atomic E-state index is 11.6. The first-order valence-electron chi connectivity index (χ1n) is 5.98. The predicted molar refractivity (Wildman–Crippen MR) is 70.9 cm³/mol. The number of nitrogens with one attached hydrogen (secondary N) is 1. The zero-order valence-corrected chi connectivity index (χ0v) is 11.1. The van der Waals surface area contributed by atoms with Crippen LogP contribution < -0.4 is 10.2 Å². The summed E-state index contributed by atoms with van der Waals surface area (Å²) in [4.78, 5) is 28.2. The van der Waals surface area contributed by atoms with Crippen molar-refractivity contribution in [1.82, 2.24) is 10.3 Å². The van der Waals surface area contributed by atoms with E-state index in [2.05, 4.69) is 10.3 Å². The highest BCUT2D eigenvalue weighted by molar-refractivity contribution is 5.81. The quantitative estimate of drug-likeness (QED) is 0.769. The summed E-state index contributed by atoms with van der Waals surface area (Å²) in [5.41, 5.74) is 1.42. The minimum Gasteiger partial charge on any atom is -0.355 e. The number of amides is 1. The molecule has 0 aromatic carbocycles. The highest BCUT2D eigenvalue weighted by atomic mass is 16.2. The van der Waals surface area contributed by atoms with E-state index < -0.39 is 0 Å². The SMILES string of the molecule is CCCNC(=O)CN(C)c1ncc(C=O)cc1C. The number of likely N-dealkylation sites (N-methyl/N-ethyl adjacent to an activating group) is 1. The number of rotatable bonds is 6. The van der Waals surface area contributed by atoms with E-state index in [1.54, 1.807) is 18.0 Å². The van der Waals surface area contributed by atoms with Crippen molar-refractivity contribution in [3.05, 3.63) is 23.4 Å². The molecule has 18 heavy (non-hydrogen) atoms. The lowest BCUT2D eigenvalue weighted by molar-refractivity contribution is -0.119. The van der Waals surface area contributed by atoms with Gasteiger partial charge in [0.25, 0.3) is 0 Å². The molecule has 1 rings (SSSR count). The lowest BCUT2D eigenvalue weighted by atomic mass is 10.2. The fourth-order valence-corrected chi connectivity index (χ4v) is 1.66. The van der Waals surface area contributed by atoms with Crippen LogP contribution in [0.25, 0.3) is 0 Å². The van der Waals surface area contributed by atoms with E-state index in [9.17, 15) is 9.59 Å². The maximum absolute atomic E-state index is 11.6. The number of hydrogen-bond donors (Lipinski definition) is 1. The first-order valence-corrected chi connectivity index (χ1v) is 5.98. The van der Waals surface area contributed by atoms with Gasteiger partial charge in [0.2, 0.25) is 5.91 Å². The van der Waals surface area contributed by atoms with Gasteiger partial charge >= 0.3 is 0 Å². The molecule has 0 aliphatic heterocycles. The van der Waals surface area contributed by atoms with Crippen LogP contribution in [0.15, 0.2) is 12.3 Å². The Morgan fingerprint density at radius 3 is 2.83 bits per heavy atom. The molecule has 1 heterocycles. The minimum atomic E-state index is -0.0278. The van der Waals surface area contributed by atoms with Crippen molar-refractivity contribution in [2.24, 2.45) is 0 Å². The van der Waals surface area contributed by atoms with E-state index in [-0.39, 0.29) is 12.5 Å². The Labute approximate surface area is 107 Å². The smallest absolute Gasteiger partial charge is 0.239 e. The first-order chi connectivity index (χ1) is 8.58. The van der Waals surface area contributed by atoms with Gasteiger partial charge in [-0.25, -0.2) is 4.98 Å². The number of carbonyl (C=O) groups excluding carboxylic acids is 2. The Kier molecular flexibility index (Phi) is 5.30. The standard InChI is InChI=1S/C13H19N3O2/c1-4-5-14-12(18)8-16(3)13-10(2)6-11(9-17)7-15-13/h6-7,9H,4-5,8H2,1-3H3,(H,14,18). The molecule has 1 aromatic heterocycles. The number of aldehydes is 1. The Morgan fingerprint density at radius 1 is 1.56 bits per heavy atom. The largest absolute Gasteiger partial charge is 0.355 e. The number of hydrogen-bond acceptors (Lipinski definition) is 4. The molecule has 1 N–H and O–H groups in total. The molecule has 0 aliphatic carbocycles. The van der Waals surface area contributed by atoms with Gasteiger partial charge in [0.15, 0.2) is 6.29 Å². The molecule has 5 nitrogen and oxygen atoms in total. The Bertz CT molecular complexity index is 432. The molecule has 0 bridgehead atoms. The normalized spacial score (nSPS) is 9.94. The molecule has 0 unspecified atom stereocenters. The third-order valence-corrected chi connectivity index (χ3v) is 2.52. The van der Waals surface area contributed by atoms with Crippen LogP contribution in [0.5, 0.6) is 0 Å². The fourth-order valence-electron chi connectivity index (χ4n) is 1.66. The average Bonchev–Trinajstić information content (AvgIpc) is 2.35. The number of aromatic nitrogens is 1. The highest BCUT2D eigenvalue weighted by Gasteiger charge is 2.10. The summed E-state index contributed by atoms with van der Waals surface area (Å²) in [7, 11) is 1.81. The third-order valence-electron chi connectivity index (χ3n) is 2.52. The van der Waals surface area contributed by atoms with Gasteiger partial charge in [-0.2, -0.15) is 0 Å². The number of carbonyl (C=O) groups is 2.